The smallest absolute Gasteiger partial charge is 0.416 e. The first kappa shape index (κ1) is 18.7. The monoisotopic (exact) mass is 365 g/mol. The fourth-order valence-corrected chi connectivity index (χ4v) is 3.26. The van der Waals surface area contributed by atoms with E-state index in [1.807, 2.05) is 30.3 Å². The maximum absolute atomic E-state index is 12.6. The van der Waals surface area contributed by atoms with E-state index in [-0.39, 0.29) is 6.61 Å². The van der Waals surface area contributed by atoms with E-state index in [1.54, 1.807) is 0 Å². The number of nitrogens with zero attached hydrogens (tertiary/aromatic N) is 1. The molecule has 0 aromatic heterocycles. The van der Waals surface area contributed by atoms with Crippen molar-refractivity contribution in [1.82, 2.24) is 4.90 Å². The van der Waals surface area contributed by atoms with E-state index in [1.165, 1.54) is 17.7 Å². The van der Waals surface area contributed by atoms with Crippen LogP contribution < -0.4 is 4.74 Å². The van der Waals surface area contributed by atoms with Gasteiger partial charge in [-0.1, -0.05) is 30.3 Å². The minimum atomic E-state index is -4.36. The molecule has 2 aromatic rings. The zero-order valence-corrected chi connectivity index (χ0v) is 14.4. The van der Waals surface area contributed by atoms with Gasteiger partial charge in [0, 0.05) is 13.1 Å². The third kappa shape index (κ3) is 4.99. The summed E-state index contributed by atoms with van der Waals surface area (Å²) in [6.45, 7) is 2.19. The van der Waals surface area contributed by atoms with Gasteiger partial charge in [0.1, 0.15) is 18.0 Å². The highest BCUT2D eigenvalue weighted by Crippen LogP contribution is 2.31. The first-order chi connectivity index (χ1) is 12.3. The summed E-state index contributed by atoms with van der Waals surface area (Å²) < 4.78 is 43.3. The Kier molecular flexibility index (Phi) is 5.53. The minimum absolute atomic E-state index is 0.0592. The highest BCUT2D eigenvalue weighted by atomic mass is 19.4. The van der Waals surface area contributed by atoms with Gasteiger partial charge in [0.2, 0.25) is 0 Å². The Morgan fingerprint density at radius 3 is 2.38 bits per heavy atom. The first-order valence-electron chi connectivity index (χ1n) is 8.63. The van der Waals surface area contributed by atoms with Crippen LogP contribution in [0.4, 0.5) is 13.2 Å². The number of aliphatic hydroxyl groups is 1. The Morgan fingerprint density at radius 1 is 1.04 bits per heavy atom. The van der Waals surface area contributed by atoms with Gasteiger partial charge in [-0.05, 0) is 49.2 Å². The van der Waals surface area contributed by atoms with Crippen molar-refractivity contribution in [1.29, 1.82) is 0 Å². The number of alkyl halides is 3. The number of halogens is 3. The molecule has 0 spiro atoms. The van der Waals surface area contributed by atoms with Gasteiger partial charge < -0.3 is 9.84 Å². The van der Waals surface area contributed by atoms with Crippen LogP contribution in [-0.2, 0) is 12.7 Å². The molecule has 140 valence electrons. The van der Waals surface area contributed by atoms with Crippen LogP contribution in [0.1, 0.15) is 24.0 Å². The standard InChI is InChI=1S/C20H22F3NO2/c21-20(22,23)17-7-9-18(10-8-17)26-15-19(25)11-4-12-24(14-19)13-16-5-2-1-3-6-16/h1-3,5-10,25H,4,11-15H2. The van der Waals surface area contributed by atoms with Crippen LogP contribution in [0.15, 0.2) is 54.6 Å². The number of likely N-dealkylation sites (tertiary alicyclic amines) is 1. The fourth-order valence-electron chi connectivity index (χ4n) is 3.26. The van der Waals surface area contributed by atoms with Crippen LogP contribution in [0.5, 0.6) is 5.75 Å². The number of β-amino-alcohol motifs (C(OH)–C–C–N with tert-alkyl or cyclic N) is 1. The fraction of sp³-hybridized carbons (Fsp3) is 0.400. The lowest BCUT2D eigenvalue weighted by Gasteiger charge is -2.39. The predicted octanol–water partition coefficient (Wildman–Crippen LogP) is 4.11. The SMILES string of the molecule is OC1(COc2ccc(C(F)(F)F)cc2)CCCN(Cc2ccccc2)C1. The summed E-state index contributed by atoms with van der Waals surface area (Å²) in [5, 5.41) is 10.8. The van der Waals surface area contributed by atoms with Gasteiger partial charge in [-0.25, -0.2) is 0 Å². The van der Waals surface area contributed by atoms with E-state index in [0.29, 0.717) is 18.7 Å². The maximum atomic E-state index is 12.6. The molecule has 6 heteroatoms. The Labute approximate surface area is 151 Å². The molecule has 1 aliphatic heterocycles. The van der Waals surface area contributed by atoms with Crippen molar-refractivity contribution in [2.75, 3.05) is 19.7 Å². The number of ether oxygens (including phenoxy) is 1. The summed E-state index contributed by atoms with van der Waals surface area (Å²) in [5.74, 6) is 0.326. The molecule has 0 bridgehead atoms. The van der Waals surface area contributed by atoms with Crippen molar-refractivity contribution < 1.29 is 23.0 Å². The average molecular weight is 365 g/mol. The highest BCUT2D eigenvalue weighted by Gasteiger charge is 2.34. The Bertz CT molecular complexity index is 703. The minimum Gasteiger partial charge on any atom is -0.491 e. The quantitative estimate of drug-likeness (QED) is 0.866. The van der Waals surface area contributed by atoms with Crippen molar-refractivity contribution in [3.8, 4) is 5.75 Å². The Morgan fingerprint density at radius 2 is 1.73 bits per heavy atom. The van der Waals surface area contributed by atoms with Gasteiger partial charge >= 0.3 is 6.18 Å². The molecule has 2 aromatic carbocycles. The topological polar surface area (TPSA) is 32.7 Å². The third-order valence-electron chi connectivity index (χ3n) is 4.57. The third-order valence-corrected chi connectivity index (χ3v) is 4.57. The Balaban J connectivity index is 1.56. The second-order valence-electron chi connectivity index (χ2n) is 6.83. The number of rotatable bonds is 5. The van der Waals surface area contributed by atoms with Crippen molar-refractivity contribution in [2.24, 2.45) is 0 Å². The number of hydrogen-bond acceptors (Lipinski definition) is 3. The van der Waals surface area contributed by atoms with Crippen molar-refractivity contribution in [3.05, 3.63) is 65.7 Å². The number of hydrogen-bond donors (Lipinski definition) is 1. The molecule has 1 atom stereocenters. The van der Waals surface area contributed by atoms with Crippen LogP contribution in [0, 0.1) is 0 Å². The number of piperidine rings is 1. The van der Waals surface area contributed by atoms with Crippen LogP contribution in [0.3, 0.4) is 0 Å². The summed E-state index contributed by atoms with van der Waals surface area (Å²) in [7, 11) is 0. The highest BCUT2D eigenvalue weighted by molar-refractivity contribution is 5.29. The molecule has 0 amide bonds. The van der Waals surface area contributed by atoms with Crippen LogP contribution in [0.25, 0.3) is 0 Å². The largest absolute Gasteiger partial charge is 0.491 e. The predicted molar refractivity (Wildman–Crippen MR) is 92.8 cm³/mol. The summed E-state index contributed by atoms with van der Waals surface area (Å²) in [6.07, 6.45) is -2.91. The molecule has 0 saturated carbocycles. The maximum Gasteiger partial charge on any atom is 0.416 e. The molecular formula is C20H22F3NO2. The van der Waals surface area contributed by atoms with Gasteiger partial charge in [0.05, 0.1) is 5.56 Å². The molecule has 26 heavy (non-hydrogen) atoms. The number of benzene rings is 2. The molecule has 1 N–H and O–H groups in total. The van der Waals surface area contributed by atoms with Crippen molar-refractivity contribution in [2.45, 2.75) is 31.2 Å². The second kappa shape index (κ2) is 7.68. The van der Waals surface area contributed by atoms with Crippen molar-refractivity contribution in [3.63, 3.8) is 0 Å². The molecule has 0 radical (unpaired) electrons. The van der Waals surface area contributed by atoms with E-state index < -0.39 is 17.3 Å². The lowest BCUT2D eigenvalue weighted by Crippen LogP contribution is -2.51. The van der Waals surface area contributed by atoms with E-state index >= 15 is 0 Å². The molecule has 1 saturated heterocycles. The van der Waals surface area contributed by atoms with Gasteiger partial charge in [0.25, 0.3) is 0 Å². The first-order valence-corrected chi connectivity index (χ1v) is 8.63. The zero-order valence-electron chi connectivity index (χ0n) is 14.4. The molecule has 1 aliphatic rings. The van der Waals surface area contributed by atoms with Gasteiger partial charge in [0.15, 0.2) is 0 Å². The van der Waals surface area contributed by atoms with E-state index in [0.717, 1.165) is 31.6 Å². The van der Waals surface area contributed by atoms with Gasteiger partial charge in [-0.2, -0.15) is 13.2 Å². The Hall–Kier alpha value is -2.05. The van der Waals surface area contributed by atoms with Crippen LogP contribution in [-0.4, -0.2) is 35.3 Å². The summed E-state index contributed by atoms with van der Waals surface area (Å²) in [4.78, 5) is 2.18. The summed E-state index contributed by atoms with van der Waals surface area (Å²) in [6, 6.07) is 14.6. The zero-order chi connectivity index (χ0) is 18.6. The molecule has 1 heterocycles. The van der Waals surface area contributed by atoms with E-state index in [4.69, 9.17) is 4.74 Å². The lowest BCUT2D eigenvalue weighted by molar-refractivity contribution is -0.137. The lowest BCUT2D eigenvalue weighted by atomic mass is 9.93. The molecule has 3 rings (SSSR count). The van der Waals surface area contributed by atoms with Gasteiger partial charge in [-0.3, -0.25) is 4.90 Å². The molecule has 0 aliphatic carbocycles. The average Bonchev–Trinajstić information content (AvgIpc) is 2.61. The molecule has 1 unspecified atom stereocenters. The molecule has 3 nitrogen and oxygen atoms in total. The summed E-state index contributed by atoms with van der Waals surface area (Å²) in [5.41, 5.74) is -0.536. The molecular weight excluding hydrogens is 343 g/mol. The van der Waals surface area contributed by atoms with Crippen LogP contribution >= 0.6 is 0 Å². The van der Waals surface area contributed by atoms with E-state index in [2.05, 4.69) is 4.90 Å². The van der Waals surface area contributed by atoms with Gasteiger partial charge in [-0.15, -0.1) is 0 Å². The summed E-state index contributed by atoms with van der Waals surface area (Å²) >= 11 is 0. The normalized spacial score (nSPS) is 21.5. The van der Waals surface area contributed by atoms with E-state index in [9.17, 15) is 18.3 Å². The van der Waals surface area contributed by atoms with Crippen LogP contribution in [0.2, 0.25) is 0 Å². The second-order valence-corrected chi connectivity index (χ2v) is 6.83. The molecule has 1 fully saturated rings. The van der Waals surface area contributed by atoms with Crippen molar-refractivity contribution >= 4 is 0 Å².